The van der Waals surface area contributed by atoms with E-state index >= 15 is 0 Å². The summed E-state index contributed by atoms with van der Waals surface area (Å²) in [6.07, 6.45) is 3.23. The summed E-state index contributed by atoms with van der Waals surface area (Å²) in [5.41, 5.74) is 6.04. The Hall–Kier alpha value is -0.840. The number of hydrogen-bond acceptors (Lipinski definition) is 3. The van der Waals surface area contributed by atoms with E-state index < -0.39 is 12.0 Å². The van der Waals surface area contributed by atoms with Crippen molar-refractivity contribution >= 4 is 30.0 Å². The Morgan fingerprint density at radius 1 is 1.71 bits per heavy atom. The number of nitrogens with two attached hydrogens (primary N) is 1. The van der Waals surface area contributed by atoms with E-state index in [1.807, 2.05) is 0 Å². The lowest BCUT2D eigenvalue weighted by Gasteiger charge is -2.06. The SMILES string of the molecule is Cl.N[C@H](Cc1ccncc1Cl)C(=O)O. The smallest absolute Gasteiger partial charge is 0.320 e. The summed E-state index contributed by atoms with van der Waals surface area (Å²) in [4.78, 5) is 14.2. The summed E-state index contributed by atoms with van der Waals surface area (Å²) in [5, 5.41) is 8.99. The van der Waals surface area contributed by atoms with Crippen LogP contribution in [0.2, 0.25) is 5.02 Å². The second-order valence-corrected chi connectivity index (χ2v) is 3.02. The monoisotopic (exact) mass is 236 g/mol. The molecular weight excluding hydrogens is 227 g/mol. The van der Waals surface area contributed by atoms with Gasteiger partial charge < -0.3 is 10.8 Å². The highest BCUT2D eigenvalue weighted by molar-refractivity contribution is 6.31. The number of rotatable bonds is 3. The Labute approximate surface area is 92.5 Å². The molecule has 1 atom stereocenters. The van der Waals surface area contributed by atoms with E-state index in [9.17, 15) is 4.79 Å². The highest BCUT2D eigenvalue weighted by Crippen LogP contribution is 2.14. The standard InChI is InChI=1S/C8H9ClN2O2.ClH/c9-6-4-11-2-1-5(6)3-7(10)8(12)13;/h1-2,4,7H,3,10H2,(H,12,13);1H/t7-;/m1./s1. The second kappa shape index (κ2) is 5.80. The first kappa shape index (κ1) is 13.2. The van der Waals surface area contributed by atoms with Crippen molar-refractivity contribution in [2.24, 2.45) is 5.73 Å². The average molecular weight is 237 g/mol. The molecule has 0 fully saturated rings. The molecule has 4 nitrogen and oxygen atoms in total. The number of nitrogens with zero attached hydrogens (tertiary/aromatic N) is 1. The average Bonchev–Trinajstić information content (AvgIpc) is 2.08. The van der Waals surface area contributed by atoms with Gasteiger partial charge in [0.05, 0.1) is 5.02 Å². The molecule has 14 heavy (non-hydrogen) atoms. The fourth-order valence-corrected chi connectivity index (χ4v) is 1.09. The van der Waals surface area contributed by atoms with Gasteiger partial charge in [-0.2, -0.15) is 0 Å². The topological polar surface area (TPSA) is 76.2 Å². The number of aromatic nitrogens is 1. The van der Waals surface area contributed by atoms with Gasteiger partial charge in [0.1, 0.15) is 6.04 Å². The highest BCUT2D eigenvalue weighted by atomic mass is 35.5. The molecule has 0 saturated heterocycles. The van der Waals surface area contributed by atoms with Gasteiger partial charge in [0.15, 0.2) is 0 Å². The van der Waals surface area contributed by atoms with E-state index in [-0.39, 0.29) is 18.8 Å². The zero-order chi connectivity index (χ0) is 9.84. The molecule has 0 unspecified atom stereocenters. The molecule has 0 aliphatic heterocycles. The summed E-state index contributed by atoms with van der Waals surface area (Å²) in [5.74, 6) is -1.03. The van der Waals surface area contributed by atoms with Crippen molar-refractivity contribution in [3.05, 3.63) is 29.0 Å². The maximum Gasteiger partial charge on any atom is 0.320 e. The molecule has 0 saturated carbocycles. The first-order chi connectivity index (χ1) is 6.11. The lowest BCUT2D eigenvalue weighted by Crippen LogP contribution is -2.32. The third-order valence-electron chi connectivity index (χ3n) is 1.61. The third kappa shape index (κ3) is 3.49. The summed E-state index contributed by atoms with van der Waals surface area (Å²) >= 11 is 5.76. The molecule has 78 valence electrons. The van der Waals surface area contributed by atoms with E-state index in [1.54, 1.807) is 12.3 Å². The van der Waals surface area contributed by atoms with Crippen LogP contribution in [0.3, 0.4) is 0 Å². The first-order valence-corrected chi connectivity index (χ1v) is 4.06. The number of hydrogen-bond donors (Lipinski definition) is 2. The molecule has 0 aliphatic rings. The third-order valence-corrected chi connectivity index (χ3v) is 1.95. The van der Waals surface area contributed by atoms with Gasteiger partial charge in [-0.15, -0.1) is 12.4 Å². The van der Waals surface area contributed by atoms with Crippen LogP contribution in [0.4, 0.5) is 0 Å². The minimum Gasteiger partial charge on any atom is -0.480 e. The van der Waals surface area contributed by atoms with Crippen LogP contribution in [0.5, 0.6) is 0 Å². The molecule has 1 aromatic rings. The largest absolute Gasteiger partial charge is 0.480 e. The van der Waals surface area contributed by atoms with Crippen molar-refractivity contribution in [2.45, 2.75) is 12.5 Å². The van der Waals surface area contributed by atoms with Crippen LogP contribution >= 0.6 is 24.0 Å². The molecule has 1 rings (SSSR count). The van der Waals surface area contributed by atoms with Gasteiger partial charge in [-0.25, -0.2) is 0 Å². The Morgan fingerprint density at radius 3 is 2.86 bits per heavy atom. The first-order valence-electron chi connectivity index (χ1n) is 3.68. The Morgan fingerprint density at radius 2 is 2.36 bits per heavy atom. The molecule has 1 heterocycles. The van der Waals surface area contributed by atoms with Crippen LogP contribution in [-0.2, 0) is 11.2 Å². The normalized spacial score (nSPS) is 11.6. The van der Waals surface area contributed by atoms with Crippen molar-refractivity contribution < 1.29 is 9.90 Å². The number of carboxylic acid groups (broad SMARTS) is 1. The number of carbonyl (C=O) groups is 1. The fraction of sp³-hybridized carbons (Fsp3) is 0.250. The predicted octanol–water partition coefficient (Wildman–Crippen LogP) is 1.11. The van der Waals surface area contributed by atoms with Gasteiger partial charge in [0, 0.05) is 12.4 Å². The van der Waals surface area contributed by atoms with Gasteiger partial charge in [-0.1, -0.05) is 11.6 Å². The Bertz CT molecular complexity index is 320. The summed E-state index contributed by atoms with van der Waals surface area (Å²) in [6.45, 7) is 0. The lowest BCUT2D eigenvalue weighted by atomic mass is 10.1. The van der Waals surface area contributed by atoms with Gasteiger partial charge >= 0.3 is 5.97 Å². The van der Waals surface area contributed by atoms with Gasteiger partial charge in [-0.3, -0.25) is 9.78 Å². The number of carboxylic acids is 1. The van der Waals surface area contributed by atoms with Gasteiger partial charge in [0.25, 0.3) is 0 Å². The lowest BCUT2D eigenvalue weighted by molar-refractivity contribution is -0.138. The molecule has 0 amide bonds. The number of aliphatic carboxylic acids is 1. The van der Waals surface area contributed by atoms with E-state index in [1.165, 1.54) is 6.20 Å². The zero-order valence-electron chi connectivity index (χ0n) is 7.18. The predicted molar refractivity (Wildman–Crippen MR) is 55.8 cm³/mol. The Kier molecular flexibility index (Phi) is 5.45. The molecule has 0 aliphatic carbocycles. The van der Waals surface area contributed by atoms with Crippen LogP contribution in [0.25, 0.3) is 0 Å². The van der Waals surface area contributed by atoms with Gasteiger partial charge in [-0.05, 0) is 18.1 Å². The molecule has 0 spiro atoms. The van der Waals surface area contributed by atoms with Crippen LogP contribution in [-0.4, -0.2) is 22.1 Å². The molecule has 0 bridgehead atoms. The zero-order valence-corrected chi connectivity index (χ0v) is 8.76. The number of pyridine rings is 1. The summed E-state index contributed by atoms with van der Waals surface area (Å²) < 4.78 is 0. The van der Waals surface area contributed by atoms with Crippen LogP contribution in [0.15, 0.2) is 18.5 Å². The van der Waals surface area contributed by atoms with E-state index in [0.717, 1.165) is 0 Å². The van der Waals surface area contributed by atoms with Gasteiger partial charge in [0.2, 0.25) is 0 Å². The molecule has 3 N–H and O–H groups in total. The second-order valence-electron chi connectivity index (χ2n) is 2.62. The van der Waals surface area contributed by atoms with Crippen molar-refractivity contribution in [3.63, 3.8) is 0 Å². The minimum absolute atomic E-state index is 0. The maximum atomic E-state index is 10.4. The Balaban J connectivity index is 0.00000169. The van der Waals surface area contributed by atoms with Crippen molar-refractivity contribution in [1.29, 1.82) is 0 Å². The molecule has 1 aromatic heterocycles. The minimum atomic E-state index is -1.03. The van der Waals surface area contributed by atoms with Crippen LogP contribution in [0.1, 0.15) is 5.56 Å². The van der Waals surface area contributed by atoms with E-state index in [0.29, 0.717) is 10.6 Å². The van der Waals surface area contributed by atoms with E-state index in [4.69, 9.17) is 22.4 Å². The quantitative estimate of drug-likeness (QED) is 0.825. The summed E-state index contributed by atoms with van der Waals surface area (Å²) in [6, 6.07) is 0.741. The van der Waals surface area contributed by atoms with Crippen molar-refractivity contribution in [3.8, 4) is 0 Å². The van der Waals surface area contributed by atoms with Crippen molar-refractivity contribution in [2.75, 3.05) is 0 Å². The molecular formula is C8H10Cl2N2O2. The maximum absolute atomic E-state index is 10.4. The van der Waals surface area contributed by atoms with E-state index in [2.05, 4.69) is 4.98 Å². The van der Waals surface area contributed by atoms with Crippen molar-refractivity contribution in [1.82, 2.24) is 4.98 Å². The van der Waals surface area contributed by atoms with Crippen LogP contribution < -0.4 is 5.73 Å². The fourth-order valence-electron chi connectivity index (χ4n) is 0.894. The highest BCUT2D eigenvalue weighted by Gasteiger charge is 2.13. The molecule has 6 heteroatoms. The molecule has 0 radical (unpaired) electrons. The summed E-state index contributed by atoms with van der Waals surface area (Å²) in [7, 11) is 0. The van der Waals surface area contributed by atoms with Crippen LogP contribution in [0, 0.1) is 0 Å². The number of halogens is 2. The molecule has 0 aromatic carbocycles.